The van der Waals surface area contributed by atoms with Gasteiger partial charge < -0.3 is 15.0 Å². The average Bonchev–Trinajstić information content (AvgIpc) is 3.00. The molecule has 1 aromatic carbocycles. The summed E-state index contributed by atoms with van der Waals surface area (Å²) in [6.07, 6.45) is 5.33. The largest absolute Gasteiger partial charge is 0.468 e. The number of hydrogen-bond acceptors (Lipinski definition) is 4. The Kier molecular flexibility index (Phi) is 3.51. The molecule has 0 spiro atoms. The lowest BCUT2D eigenvalue weighted by atomic mass is 10.1. The molecule has 2 atom stereocenters. The second kappa shape index (κ2) is 5.33. The summed E-state index contributed by atoms with van der Waals surface area (Å²) in [4.78, 5) is 16.0. The molecular weight excluding hydrogens is 266 g/mol. The summed E-state index contributed by atoms with van der Waals surface area (Å²) in [6.45, 7) is 0.861. The number of ether oxygens (including phenoxy) is 1. The van der Waals surface area contributed by atoms with Crippen molar-refractivity contribution in [1.82, 2.24) is 9.55 Å². The van der Waals surface area contributed by atoms with Crippen LogP contribution < -0.4 is 5.73 Å². The molecule has 110 valence electrons. The predicted octanol–water partition coefficient (Wildman–Crippen LogP) is 1.48. The number of rotatable bonds is 5. The van der Waals surface area contributed by atoms with E-state index in [-0.39, 0.29) is 11.9 Å². The van der Waals surface area contributed by atoms with Crippen LogP contribution in [0.25, 0.3) is 0 Å². The summed E-state index contributed by atoms with van der Waals surface area (Å²) in [5, 5.41) is 0. The minimum Gasteiger partial charge on any atom is -0.468 e. The Balaban J connectivity index is 1.62. The number of carbonyl (C=O) groups excluding carboxylic acids is 1. The van der Waals surface area contributed by atoms with E-state index in [2.05, 4.69) is 17.1 Å². The summed E-state index contributed by atoms with van der Waals surface area (Å²) in [5.74, 6) is -0.380. The van der Waals surface area contributed by atoms with Crippen LogP contribution in [0.5, 0.6) is 0 Å². The van der Waals surface area contributed by atoms with E-state index in [9.17, 15) is 4.79 Å². The lowest BCUT2D eigenvalue weighted by molar-refractivity contribution is -0.143. The zero-order valence-corrected chi connectivity index (χ0v) is 12.0. The summed E-state index contributed by atoms with van der Waals surface area (Å²) in [5.41, 5.74) is 7.31. The molecule has 21 heavy (non-hydrogen) atoms. The van der Waals surface area contributed by atoms with Gasteiger partial charge >= 0.3 is 5.97 Å². The van der Waals surface area contributed by atoms with E-state index < -0.39 is 5.54 Å². The molecule has 0 radical (unpaired) electrons. The molecule has 2 N–H and O–H groups in total. The highest BCUT2D eigenvalue weighted by Gasteiger charge is 2.60. The summed E-state index contributed by atoms with van der Waals surface area (Å²) in [7, 11) is 1.37. The maximum atomic E-state index is 11.6. The van der Waals surface area contributed by atoms with Crippen LogP contribution in [-0.2, 0) is 22.5 Å². The number of hydrogen-bond donors (Lipinski definition) is 1. The van der Waals surface area contributed by atoms with Crippen molar-refractivity contribution in [3.63, 3.8) is 0 Å². The number of nitrogens with zero attached hydrogens (tertiary/aromatic N) is 2. The first-order valence-corrected chi connectivity index (χ1v) is 7.06. The van der Waals surface area contributed by atoms with Crippen LogP contribution in [0.3, 0.4) is 0 Å². The van der Waals surface area contributed by atoms with Crippen molar-refractivity contribution in [2.45, 2.75) is 30.8 Å². The smallest absolute Gasteiger partial charge is 0.326 e. The molecule has 0 amide bonds. The average molecular weight is 285 g/mol. The number of carbonyl (C=O) groups is 1. The molecule has 0 aliphatic heterocycles. The Morgan fingerprint density at radius 1 is 1.48 bits per heavy atom. The van der Waals surface area contributed by atoms with Gasteiger partial charge in [-0.3, -0.25) is 4.79 Å². The summed E-state index contributed by atoms with van der Waals surface area (Å²) in [6, 6.07) is 10.3. The third-order valence-corrected chi connectivity index (χ3v) is 4.08. The van der Waals surface area contributed by atoms with E-state index in [1.54, 1.807) is 6.33 Å². The van der Waals surface area contributed by atoms with Crippen molar-refractivity contribution < 1.29 is 9.53 Å². The molecule has 0 saturated heterocycles. The van der Waals surface area contributed by atoms with Gasteiger partial charge in [0.15, 0.2) is 0 Å². The number of benzene rings is 1. The Hall–Kier alpha value is -2.14. The Bertz CT molecular complexity index is 638. The summed E-state index contributed by atoms with van der Waals surface area (Å²) < 4.78 is 6.78. The highest BCUT2D eigenvalue weighted by atomic mass is 16.5. The zero-order valence-electron chi connectivity index (χ0n) is 12.0. The van der Waals surface area contributed by atoms with Crippen molar-refractivity contribution in [2.24, 2.45) is 5.73 Å². The zero-order chi connectivity index (χ0) is 14.9. The van der Waals surface area contributed by atoms with Gasteiger partial charge in [0, 0.05) is 18.7 Å². The number of esters is 1. The van der Waals surface area contributed by atoms with Gasteiger partial charge in [-0.2, -0.15) is 0 Å². The third kappa shape index (κ3) is 2.69. The molecule has 1 aliphatic rings. The summed E-state index contributed by atoms with van der Waals surface area (Å²) >= 11 is 0. The molecular formula is C16H19N3O2. The van der Waals surface area contributed by atoms with Crippen LogP contribution in [0.4, 0.5) is 0 Å². The third-order valence-electron chi connectivity index (χ3n) is 4.08. The van der Waals surface area contributed by atoms with Gasteiger partial charge in [0.1, 0.15) is 5.54 Å². The number of aromatic nitrogens is 2. The van der Waals surface area contributed by atoms with E-state index in [1.807, 2.05) is 29.0 Å². The van der Waals surface area contributed by atoms with Crippen LogP contribution in [0.1, 0.15) is 23.6 Å². The van der Waals surface area contributed by atoms with Gasteiger partial charge in [0.25, 0.3) is 0 Å². The fraction of sp³-hybridized carbons (Fsp3) is 0.375. The van der Waals surface area contributed by atoms with E-state index in [4.69, 9.17) is 10.5 Å². The molecule has 2 unspecified atom stereocenters. The monoisotopic (exact) mass is 285 g/mol. The molecule has 0 bridgehead atoms. The topological polar surface area (TPSA) is 70.1 Å². The number of imidazole rings is 1. The number of methoxy groups -OCH3 is 1. The SMILES string of the molecule is COC(=O)C1(N)CC1c1cn(CCc2ccccc2)cn1. The van der Waals surface area contributed by atoms with Gasteiger partial charge in [0.2, 0.25) is 0 Å². The minimum atomic E-state index is -0.882. The second-order valence-corrected chi connectivity index (χ2v) is 5.56. The van der Waals surface area contributed by atoms with Gasteiger partial charge in [0.05, 0.1) is 19.1 Å². The van der Waals surface area contributed by atoms with Crippen LogP contribution in [0.15, 0.2) is 42.9 Å². The quantitative estimate of drug-likeness (QED) is 0.845. The van der Waals surface area contributed by atoms with Crippen LogP contribution in [0, 0.1) is 0 Å². The van der Waals surface area contributed by atoms with E-state index in [0.29, 0.717) is 6.42 Å². The molecule has 1 heterocycles. The van der Waals surface area contributed by atoms with E-state index in [0.717, 1.165) is 18.7 Å². The highest BCUT2D eigenvalue weighted by molar-refractivity contribution is 5.86. The fourth-order valence-corrected chi connectivity index (χ4v) is 2.65. The second-order valence-electron chi connectivity index (χ2n) is 5.56. The van der Waals surface area contributed by atoms with Crippen molar-refractivity contribution in [3.8, 4) is 0 Å². The Morgan fingerprint density at radius 3 is 2.95 bits per heavy atom. The van der Waals surface area contributed by atoms with E-state index >= 15 is 0 Å². The van der Waals surface area contributed by atoms with Crippen LogP contribution in [-0.4, -0.2) is 28.2 Å². The van der Waals surface area contributed by atoms with E-state index in [1.165, 1.54) is 12.7 Å². The predicted molar refractivity (Wildman–Crippen MR) is 78.7 cm³/mol. The first-order valence-electron chi connectivity index (χ1n) is 7.06. The molecule has 5 heteroatoms. The maximum absolute atomic E-state index is 11.6. The fourth-order valence-electron chi connectivity index (χ4n) is 2.65. The highest BCUT2D eigenvalue weighted by Crippen LogP contribution is 2.49. The first kappa shape index (κ1) is 13.8. The lowest BCUT2D eigenvalue weighted by Crippen LogP contribution is -2.36. The normalized spacial score (nSPS) is 23.8. The standard InChI is InChI=1S/C16H19N3O2/c1-21-15(20)16(17)9-13(16)14-10-19(11-18-14)8-7-12-5-3-2-4-6-12/h2-6,10-11,13H,7-9,17H2,1H3. The van der Waals surface area contributed by atoms with Gasteiger partial charge in [-0.25, -0.2) is 4.98 Å². The number of nitrogens with two attached hydrogens (primary N) is 1. The van der Waals surface area contributed by atoms with Gasteiger partial charge in [-0.05, 0) is 18.4 Å². The molecule has 1 saturated carbocycles. The van der Waals surface area contributed by atoms with Gasteiger partial charge in [-0.1, -0.05) is 30.3 Å². The molecule has 2 aromatic rings. The molecule has 1 aliphatic carbocycles. The maximum Gasteiger partial charge on any atom is 0.326 e. The molecule has 3 rings (SSSR count). The van der Waals surface area contributed by atoms with Crippen molar-refractivity contribution in [3.05, 3.63) is 54.1 Å². The molecule has 1 aromatic heterocycles. The van der Waals surface area contributed by atoms with Crippen LogP contribution in [0.2, 0.25) is 0 Å². The number of aryl methyl sites for hydroxylation is 2. The Labute approximate surface area is 123 Å². The van der Waals surface area contributed by atoms with Crippen molar-refractivity contribution in [1.29, 1.82) is 0 Å². The lowest BCUT2D eigenvalue weighted by Gasteiger charge is -2.06. The minimum absolute atomic E-state index is 0.0251. The first-order chi connectivity index (χ1) is 10.1. The van der Waals surface area contributed by atoms with Crippen LogP contribution >= 0.6 is 0 Å². The Morgan fingerprint density at radius 2 is 2.24 bits per heavy atom. The van der Waals surface area contributed by atoms with Crippen molar-refractivity contribution in [2.75, 3.05) is 7.11 Å². The van der Waals surface area contributed by atoms with Gasteiger partial charge in [-0.15, -0.1) is 0 Å². The molecule has 5 nitrogen and oxygen atoms in total. The van der Waals surface area contributed by atoms with Crippen molar-refractivity contribution >= 4 is 5.97 Å². The molecule has 1 fully saturated rings.